The molecule has 1 atom stereocenters. The molecule has 2 rings (SSSR count). The van der Waals surface area contributed by atoms with E-state index in [4.69, 9.17) is 11.6 Å². The molecule has 0 aliphatic rings. The largest absolute Gasteiger partial charge is 0.481 e. The van der Waals surface area contributed by atoms with Gasteiger partial charge in [0.2, 0.25) is 0 Å². The highest BCUT2D eigenvalue weighted by Crippen LogP contribution is 2.25. The van der Waals surface area contributed by atoms with E-state index in [-0.39, 0.29) is 0 Å². The fourth-order valence-electron chi connectivity index (χ4n) is 2.26. The standard InChI is InChI=1S/C17H16BrClO2/c1-11-6-7-13(16(19)8-11)10-14(17(20)21)9-12-4-2-3-5-15(12)18/h2-8,14H,9-10H2,1H3,(H,20,21). The van der Waals surface area contributed by atoms with Gasteiger partial charge in [-0.15, -0.1) is 0 Å². The van der Waals surface area contributed by atoms with Crippen molar-refractivity contribution < 1.29 is 9.90 Å². The Labute approximate surface area is 137 Å². The topological polar surface area (TPSA) is 37.3 Å². The quantitative estimate of drug-likeness (QED) is 0.816. The van der Waals surface area contributed by atoms with Crippen molar-refractivity contribution in [2.75, 3.05) is 0 Å². The minimum Gasteiger partial charge on any atom is -0.481 e. The summed E-state index contributed by atoms with van der Waals surface area (Å²) in [6.45, 7) is 1.96. The Hall–Kier alpha value is -1.32. The molecule has 0 heterocycles. The highest BCUT2D eigenvalue weighted by Gasteiger charge is 2.20. The van der Waals surface area contributed by atoms with E-state index in [2.05, 4.69) is 15.9 Å². The number of hydrogen-bond acceptors (Lipinski definition) is 1. The first-order chi connectivity index (χ1) is 9.97. The van der Waals surface area contributed by atoms with Gasteiger partial charge in [0.15, 0.2) is 0 Å². The number of carboxylic acids is 1. The summed E-state index contributed by atoms with van der Waals surface area (Å²) in [5.41, 5.74) is 2.94. The van der Waals surface area contributed by atoms with Crippen LogP contribution in [0.2, 0.25) is 5.02 Å². The van der Waals surface area contributed by atoms with Gasteiger partial charge in [0.05, 0.1) is 5.92 Å². The number of benzene rings is 2. The molecule has 1 N–H and O–H groups in total. The van der Waals surface area contributed by atoms with Gasteiger partial charge in [-0.05, 0) is 48.6 Å². The third-order valence-corrected chi connectivity index (χ3v) is 4.57. The highest BCUT2D eigenvalue weighted by atomic mass is 79.9. The molecule has 0 amide bonds. The van der Waals surface area contributed by atoms with Crippen LogP contribution < -0.4 is 0 Å². The molecule has 21 heavy (non-hydrogen) atoms. The highest BCUT2D eigenvalue weighted by molar-refractivity contribution is 9.10. The van der Waals surface area contributed by atoms with Crippen LogP contribution in [0.25, 0.3) is 0 Å². The molecular weight excluding hydrogens is 352 g/mol. The molecule has 0 aliphatic carbocycles. The van der Waals surface area contributed by atoms with E-state index in [9.17, 15) is 9.90 Å². The van der Waals surface area contributed by atoms with Crippen LogP contribution in [0.1, 0.15) is 16.7 Å². The second-order valence-corrected chi connectivity index (χ2v) is 6.39. The summed E-state index contributed by atoms with van der Waals surface area (Å²) in [5.74, 6) is -1.30. The summed E-state index contributed by atoms with van der Waals surface area (Å²) in [4.78, 5) is 11.5. The summed E-state index contributed by atoms with van der Waals surface area (Å²) in [5, 5.41) is 10.1. The molecule has 1 unspecified atom stereocenters. The van der Waals surface area contributed by atoms with Gasteiger partial charge in [0.1, 0.15) is 0 Å². The Kier molecular flexibility index (Phi) is 5.43. The fraction of sp³-hybridized carbons (Fsp3) is 0.235. The van der Waals surface area contributed by atoms with Gasteiger partial charge in [-0.1, -0.05) is 57.9 Å². The third kappa shape index (κ3) is 4.32. The first kappa shape index (κ1) is 16.1. The second-order valence-electron chi connectivity index (χ2n) is 5.13. The van der Waals surface area contributed by atoms with Gasteiger partial charge in [-0.2, -0.15) is 0 Å². The molecule has 0 aromatic heterocycles. The van der Waals surface area contributed by atoms with Crippen molar-refractivity contribution in [1.29, 1.82) is 0 Å². The Bertz CT molecular complexity index is 655. The van der Waals surface area contributed by atoms with Crippen molar-refractivity contribution in [3.05, 3.63) is 68.7 Å². The molecule has 0 spiro atoms. The zero-order valence-electron chi connectivity index (χ0n) is 11.6. The van der Waals surface area contributed by atoms with Gasteiger partial charge >= 0.3 is 5.97 Å². The zero-order chi connectivity index (χ0) is 15.4. The second kappa shape index (κ2) is 7.10. The van der Waals surface area contributed by atoms with Crippen LogP contribution in [-0.4, -0.2) is 11.1 Å². The molecule has 0 fully saturated rings. The number of carboxylic acid groups (broad SMARTS) is 1. The molecule has 2 aromatic carbocycles. The maximum atomic E-state index is 11.5. The van der Waals surface area contributed by atoms with Crippen molar-refractivity contribution >= 4 is 33.5 Å². The van der Waals surface area contributed by atoms with E-state index in [0.29, 0.717) is 17.9 Å². The molecule has 2 aromatic rings. The summed E-state index contributed by atoms with van der Waals surface area (Å²) in [7, 11) is 0. The summed E-state index contributed by atoms with van der Waals surface area (Å²) >= 11 is 9.67. The van der Waals surface area contributed by atoms with Crippen LogP contribution >= 0.6 is 27.5 Å². The smallest absolute Gasteiger partial charge is 0.307 e. The molecule has 2 nitrogen and oxygen atoms in total. The first-order valence-corrected chi connectivity index (χ1v) is 7.85. The molecule has 0 saturated heterocycles. The van der Waals surface area contributed by atoms with Crippen molar-refractivity contribution in [3.8, 4) is 0 Å². The minimum absolute atomic E-state index is 0.426. The number of halogens is 2. The summed E-state index contributed by atoms with van der Waals surface area (Å²) in [6.07, 6.45) is 0.900. The predicted molar refractivity (Wildman–Crippen MR) is 88.9 cm³/mol. The van der Waals surface area contributed by atoms with Gasteiger partial charge in [0, 0.05) is 9.50 Å². The SMILES string of the molecule is Cc1ccc(CC(Cc2ccccc2Br)C(=O)O)c(Cl)c1. The average Bonchev–Trinajstić information content (AvgIpc) is 2.42. The molecule has 4 heteroatoms. The Balaban J connectivity index is 2.20. The average molecular weight is 368 g/mol. The zero-order valence-corrected chi connectivity index (χ0v) is 14.0. The monoisotopic (exact) mass is 366 g/mol. The summed E-state index contributed by atoms with van der Waals surface area (Å²) in [6, 6.07) is 13.4. The Morgan fingerprint density at radius 1 is 1.19 bits per heavy atom. The van der Waals surface area contributed by atoms with E-state index in [1.807, 2.05) is 49.4 Å². The Morgan fingerprint density at radius 2 is 1.86 bits per heavy atom. The number of rotatable bonds is 5. The molecule has 0 aliphatic heterocycles. The van der Waals surface area contributed by atoms with E-state index >= 15 is 0 Å². The number of aliphatic carboxylic acids is 1. The van der Waals surface area contributed by atoms with Gasteiger partial charge in [0.25, 0.3) is 0 Å². The number of carbonyl (C=O) groups is 1. The van der Waals surface area contributed by atoms with Crippen LogP contribution in [0.4, 0.5) is 0 Å². The van der Waals surface area contributed by atoms with Crippen LogP contribution in [0.3, 0.4) is 0 Å². The van der Waals surface area contributed by atoms with Crippen molar-refractivity contribution in [3.63, 3.8) is 0 Å². The van der Waals surface area contributed by atoms with Crippen LogP contribution in [-0.2, 0) is 17.6 Å². The lowest BCUT2D eigenvalue weighted by atomic mass is 9.92. The summed E-state index contributed by atoms with van der Waals surface area (Å²) < 4.78 is 0.936. The lowest BCUT2D eigenvalue weighted by molar-refractivity contribution is -0.141. The van der Waals surface area contributed by atoms with E-state index < -0.39 is 11.9 Å². The predicted octanol–water partition coefficient (Wildman–Crippen LogP) is 4.90. The van der Waals surface area contributed by atoms with E-state index in [1.165, 1.54) is 0 Å². The van der Waals surface area contributed by atoms with Gasteiger partial charge in [-0.3, -0.25) is 4.79 Å². The fourth-order valence-corrected chi connectivity index (χ4v) is 3.02. The molecule has 0 saturated carbocycles. The number of hydrogen-bond donors (Lipinski definition) is 1. The van der Waals surface area contributed by atoms with Crippen molar-refractivity contribution in [2.45, 2.75) is 19.8 Å². The van der Waals surface area contributed by atoms with Gasteiger partial charge in [-0.25, -0.2) is 0 Å². The lowest BCUT2D eigenvalue weighted by Gasteiger charge is -2.15. The van der Waals surface area contributed by atoms with Crippen LogP contribution in [0.5, 0.6) is 0 Å². The van der Waals surface area contributed by atoms with Crippen molar-refractivity contribution in [1.82, 2.24) is 0 Å². The van der Waals surface area contributed by atoms with Crippen LogP contribution in [0.15, 0.2) is 46.9 Å². The third-order valence-electron chi connectivity index (χ3n) is 3.45. The molecule has 110 valence electrons. The minimum atomic E-state index is -0.803. The van der Waals surface area contributed by atoms with Crippen molar-refractivity contribution in [2.24, 2.45) is 5.92 Å². The van der Waals surface area contributed by atoms with E-state index in [1.54, 1.807) is 0 Å². The first-order valence-electron chi connectivity index (χ1n) is 6.68. The Morgan fingerprint density at radius 3 is 2.48 bits per heavy atom. The maximum Gasteiger partial charge on any atom is 0.307 e. The lowest BCUT2D eigenvalue weighted by Crippen LogP contribution is -2.19. The molecule has 0 radical (unpaired) electrons. The molecular formula is C17H16BrClO2. The normalized spacial score (nSPS) is 12.1. The number of aryl methyl sites for hydroxylation is 1. The van der Waals surface area contributed by atoms with Gasteiger partial charge < -0.3 is 5.11 Å². The molecule has 0 bridgehead atoms. The van der Waals surface area contributed by atoms with Crippen LogP contribution in [0, 0.1) is 12.8 Å². The van der Waals surface area contributed by atoms with E-state index in [0.717, 1.165) is 21.2 Å². The maximum absolute atomic E-state index is 11.5.